The first-order chi connectivity index (χ1) is 9.60. The third-order valence-corrected chi connectivity index (χ3v) is 4.21. The van der Waals surface area contributed by atoms with Gasteiger partial charge in [0.05, 0.1) is 0 Å². The molecule has 1 aromatic carbocycles. The van der Waals surface area contributed by atoms with Gasteiger partial charge in [-0.15, -0.1) is 0 Å². The summed E-state index contributed by atoms with van der Waals surface area (Å²) in [4.78, 5) is 5.03. The predicted molar refractivity (Wildman–Crippen MR) is 87.5 cm³/mol. The third kappa shape index (κ3) is 3.97. The van der Waals surface area contributed by atoms with Gasteiger partial charge in [0.25, 0.3) is 0 Å². The van der Waals surface area contributed by atoms with Crippen molar-refractivity contribution in [1.82, 2.24) is 10.2 Å². The van der Waals surface area contributed by atoms with Gasteiger partial charge in [0.2, 0.25) is 0 Å². The molecule has 0 atom stereocenters. The zero-order valence-electron chi connectivity index (χ0n) is 13.4. The lowest BCUT2D eigenvalue weighted by atomic mass is 10.1. The van der Waals surface area contributed by atoms with Crippen LogP contribution in [0.5, 0.6) is 0 Å². The van der Waals surface area contributed by atoms with Gasteiger partial charge in [-0.05, 0) is 36.7 Å². The van der Waals surface area contributed by atoms with Crippen LogP contribution in [0, 0.1) is 6.92 Å². The molecule has 0 bridgehead atoms. The molecular formula is C17H29N3. The molecule has 3 nitrogen and oxygen atoms in total. The molecule has 1 N–H and O–H groups in total. The third-order valence-electron chi connectivity index (χ3n) is 4.21. The second-order valence-electron chi connectivity index (χ2n) is 6.07. The number of nitrogens with zero attached hydrogens (tertiary/aromatic N) is 2. The van der Waals surface area contributed by atoms with Gasteiger partial charge in [0.15, 0.2) is 0 Å². The fourth-order valence-electron chi connectivity index (χ4n) is 2.71. The SMILES string of the molecule is CCN1CCN(c2ccc(CNC(C)C)c(C)c2)CC1. The molecule has 1 aliphatic rings. The number of rotatable bonds is 5. The molecule has 2 rings (SSSR count). The first-order valence-corrected chi connectivity index (χ1v) is 7.90. The normalized spacial score (nSPS) is 16.9. The zero-order valence-corrected chi connectivity index (χ0v) is 13.4. The molecule has 1 aliphatic heterocycles. The minimum absolute atomic E-state index is 0.538. The largest absolute Gasteiger partial charge is 0.369 e. The van der Waals surface area contributed by atoms with Crippen LogP contribution in [0.4, 0.5) is 5.69 Å². The summed E-state index contributed by atoms with van der Waals surface area (Å²) < 4.78 is 0. The van der Waals surface area contributed by atoms with E-state index in [9.17, 15) is 0 Å². The number of nitrogens with one attached hydrogen (secondary N) is 1. The molecule has 3 heteroatoms. The first-order valence-electron chi connectivity index (χ1n) is 7.90. The van der Waals surface area contributed by atoms with E-state index in [0.717, 1.165) is 19.6 Å². The minimum Gasteiger partial charge on any atom is -0.369 e. The van der Waals surface area contributed by atoms with Crippen LogP contribution in [0.1, 0.15) is 31.9 Å². The molecule has 1 fully saturated rings. The van der Waals surface area contributed by atoms with Crippen molar-refractivity contribution in [2.24, 2.45) is 0 Å². The summed E-state index contributed by atoms with van der Waals surface area (Å²) in [7, 11) is 0. The quantitative estimate of drug-likeness (QED) is 0.891. The van der Waals surface area contributed by atoms with Crippen molar-refractivity contribution >= 4 is 5.69 Å². The number of benzene rings is 1. The van der Waals surface area contributed by atoms with E-state index in [-0.39, 0.29) is 0 Å². The van der Waals surface area contributed by atoms with Gasteiger partial charge < -0.3 is 15.1 Å². The van der Waals surface area contributed by atoms with Gasteiger partial charge in [-0.3, -0.25) is 0 Å². The van der Waals surface area contributed by atoms with E-state index < -0.39 is 0 Å². The van der Waals surface area contributed by atoms with Crippen LogP contribution < -0.4 is 10.2 Å². The summed E-state index contributed by atoms with van der Waals surface area (Å²) in [6.07, 6.45) is 0. The maximum absolute atomic E-state index is 3.49. The van der Waals surface area contributed by atoms with Crippen LogP contribution in [0.15, 0.2) is 18.2 Å². The summed E-state index contributed by atoms with van der Waals surface area (Å²) in [5.41, 5.74) is 4.19. The fourth-order valence-corrected chi connectivity index (χ4v) is 2.71. The van der Waals surface area contributed by atoms with Crippen LogP contribution in [0.3, 0.4) is 0 Å². The van der Waals surface area contributed by atoms with Crippen molar-refractivity contribution in [3.05, 3.63) is 29.3 Å². The Morgan fingerprint density at radius 3 is 2.40 bits per heavy atom. The smallest absolute Gasteiger partial charge is 0.0369 e. The lowest BCUT2D eigenvalue weighted by Gasteiger charge is -2.35. The highest BCUT2D eigenvalue weighted by Crippen LogP contribution is 2.20. The average Bonchev–Trinajstić information content (AvgIpc) is 2.46. The van der Waals surface area contributed by atoms with Gasteiger partial charge in [0.1, 0.15) is 0 Å². The van der Waals surface area contributed by atoms with Crippen molar-refractivity contribution < 1.29 is 0 Å². The molecular weight excluding hydrogens is 246 g/mol. The molecule has 0 amide bonds. The number of hydrogen-bond acceptors (Lipinski definition) is 3. The average molecular weight is 275 g/mol. The van der Waals surface area contributed by atoms with E-state index in [1.165, 1.54) is 36.4 Å². The zero-order chi connectivity index (χ0) is 14.5. The van der Waals surface area contributed by atoms with Crippen LogP contribution in [0.2, 0.25) is 0 Å². The standard InChI is InChI=1S/C17H29N3/c1-5-19-8-10-20(11-9-19)17-7-6-16(15(4)12-17)13-18-14(2)3/h6-7,12,14,18H,5,8-11,13H2,1-4H3. The number of piperazine rings is 1. The summed E-state index contributed by atoms with van der Waals surface area (Å²) in [5, 5.41) is 3.49. The minimum atomic E-state index is 0.538. The van der Waals surface area contributed by atoms with E-state index >= 15 is 0 Å². The van der Waals surface area contributed by atoms with E-state index in [0.29, 0.717) is 6.04 Å². The van der Waals surface area contributed by atoms with Gasteiger partial charge in [-0.25, -0.2) is 0 Å². The Morgan fingerprint density at radius 1 is 1.15 bits per heavy atom. The highest BCUT2D eigenvalue weighted by Gasteiger charge is 2.16. The van der Waals surface area contributed by atoms with E-state index in [1.54, 1.807) is 0 Å². The molecule has 0 unspecified atom stereocenters. The Balaban J connectivity index is 1.98. The summed E-state index contributed by atoms with van der Waals surface area (Å²) in [6, 6.07) is 7.45. The molecule has 20 heavy (non-hydrogen) atoms. The van der Waals surface area contributed by atoms with Crippen molar-refractivity contribution in [2.75, 3.05) is 37.6 Å². The second kappa shape index (κ2) is 7.09. The molecule has 0 spiro atoms. The molecule has 112 valence electrons. The molecule has 1 saturated heterocycles. The summed E-state index contributed by atoms with van der Waals surface area (Å²) in [5.74, 6) is 0. The Hall–Kier alpha value is -1.06. The number of hydrogen-bond donors (Lipinski definition) is 1. The van der Waals surface area contributed by atoms with Crippen LogP contribution in [-0.4, -0.2) is 43.7 Å². The Morgan fingerprint density at radius 2 is 1.85 bits per heavy atom. The van der Waals surface area contributed by atoms with E-state index in [2.05, 4.69) is 61.0 Å². The van der Waals surface area contributed by atoms with Crippen LogP contribution in [0.25, 0.3) is 0 Å². The molecule has 0 radical (unpaired) electrons. The van der Waals surface area contributed by atoms with Gasteiger partial charge in [-0.1, -0.05) is 26.8 Å². The summed E-state index contributed by atoms with van der Waals surface area (Å²) in [6.45, 7) is 15.7. The highest BCUT2D eigenvalue weighted by molar-refractivity contribution is 5.51. The number of aryl methyl sites for hydroxylation is 1. The molecule has 1 aromatic rings. The number of likely N-dealkylation sites (N-methyl/N-ethyl adjacent to an activating group) is 1. The molecule has 0 saturated carbocycles. The van der Waals surface area contributed by atoms with Crippen LogP contribution in [-0.2, 0) is 6.54 Å². The van der Waals surface area contributed by atoms with E-state index in [4.69, 9.17) is 0 Å². The highest BCUT2D eigenvalue weighted by atomic mass is 15.3. The topological polar surface area (TPSA) is 18.5 Å². The van der Waals surface area contributed by atoms with E-state index in [1.807, 2.05) is 0 Å². The fraction of sp³-hybridized carbons (Fsp3) is 0.647. The first kappa shape index (κ1) is 15.3. The number of anilines is 1. The van der Waals surface area contributed by atoms with Crippen molar-refractivity contribution in [3.8, 4) is 0 Å². The van der Waals surface area contributed by atoms with Crippen molar-refractivity contribution in [3.63, 3.8) is 0 Å². The van der Waals surface area contributed by atoms with Crippen molar-refractivity contribution in [1.29, 1.82) is 0 Å². The van der Waals surface area contributed by atoms with Gasteiger partial charge in [-0.2, -0.15) is 0 Å². The monoisotopic (exact) mass is 275 g/mol. The lowest BCUT2D eigenvalue weighted by Crippen LogP contribution is -2.46. The molecule has 0 aromatic heterocycles. The maximum atomic E-state index is 3.49. The lowest BCUT2D eigenvalue weighted by molar-refractivity contribution is 0.271. The second-order valence-corrected chi connectivity index (χ2v) is 6.07. The van der Waals surface area contributed by atoms with Crippen LogP contribution >= 0.6 is 0 Å². The Kier molecular flexibility index (Phi) is 5.44. The van der Waals surface area contributed by atoms with Gasteiger partial charge in [0, 0.05) is 44.5 Å². The summed E-state index contributed by atoms with van der Waals surface area (Å²) >= 11 is 0. The maximum Gasteiger partial charge on any atom is 0.0369 e. The predicted octanol–water partition coefficient (Wildman–Crippen LogP) is 2.63. The molecule has 0 aliphatic carbocycles. The molecule has 1 heterocycles. The Labute approximate surface area is 124 Å². The van der Waals surface area contributed by atoms with Gasteiger partial charge >= 0.3 is 0 Å². The Bertz CT molecular complexity index is 420. The van der Waals surface area contributed by atoms with Crippen molar-refractivity contribution in [2.45, 2.75) is 40.3 Å².